The summed E-state index contributed by atoms with van der Waals surface area (Å²) >= 11 is 0. The third-order valence-corrected chi connectivity index (χ3v) is 4.81. The summed E-state index contributed by atoms with van der Waals surface area (Å²) < 4.78 is 24.3. The fourth-order valence-corrected chi connectivity index (χ4v) is 3.17. The average molecular weight is 459 g/mol. The van der Waals surface area contributed by atoms with E-state index in [2.05, 4.69) is 26.8 Å². The van der Waals surface area contributed by atoms with E-state index in [9.17, 15) is 14.3 Å². The maximum Gasteiger partial charge on any atom is 0.354 e. The number of aromatic carboxylic acids is 1. The van der Waals surface area contributed by atoms with Crippen LogP contribution >= 0.6 is 0 Å². The molecule has 0 radical (unpaired) electrons. The largest absolute Gasteiger partial charge is 0.477 e. The Labute approximate surface area is 190 Å². The molecule has 3 rings (SSSR count). The molecule has 2 aromatic rings. The smallest absolute Gasteiger partial charge is 0.354 e. The molecule has 1 aliphatic heterocycles. The Morgan fingerprint density at radius 2 is 2.06 bits per heavy atom. The number of rotatable bonds is 10. The van der Waals surface area contributed by atoms with Crippen LogP contribution in [0, 0.1) is 0 Å². The molecule has 1 aliphatic rings. The second-order valence-corrected chi connectivity index (χ2v) is 7.08. The number of allylic oxidation sites excluding steroid dienone is 4. The first-order valence-electron chi connectivity index (χ1n) is 10.3. The Balaban J connectivity index is 2.18. The molecule has 2 aromatic heterocycles. The number of nitrogens with one attached hydrogen (secondary N) is 1. The van der Waals surface area contributed by atoms with Crippen molar-refractivity contribution in [3.8, 4) is 0 Å². The van der Waals surface area contributed by atoms with Crippen LogP contribution in [0.3, 0.4) is 0 Å². The highest BCUT2D eigenvalue weighted by atomic mass is 19.1. The molecule has 3 N–H and O–H groups in total. The van der Waals surface area contributed by atoms with Gasteiger partial charge in [0, 0.05) is 26.7 Å². The topological polar surface area (TPSA) is 130 Å². The molecular weight excluding hydrogens is 433 g/mol. The molecule has 11 heteroatoms. The molecule has 0 unspecified atom stereocenters. The number of ether oxygens (including phenoxy) is 2. The van der Waals surface area contributed by atoms with E-state index in [1.165, 1.54) is 12.1 Å². The fraction of sp³-hybridized carbons (Fsp3) is 0.364. The van der Waals surface area contributed by atoms with Crippen LogP contribution in [0.2, 0.25) is 0 Å². The Kier molecular flexibility index (Phi) is 8.41. The molecule has 10 nitrogen and oxygen atoms in total. The molecule has 3 heterocycles. The molecule has 0 saturated carbocycles. The van der Waals surface area contributed by atoms with Gasteiger partial charge in [0.05, 0.1) is 32.1 Å². The number of carboxylic acid groups (broad SMARTS) is 1. The van der Waals surface area contributed by atoms with Gasteiger partial charge in [0.25, 0.3) is 0 Å². The fourth-order valence-electron chi connectivity index (χ4n) is 3.17. The summed E-state index contributed by atoms with van der Waals surface area (Å²) in [5.74, 6) is -1.46. The van der Waals surface area contributed by atoms with Gasteiger partial charge in [-0.2, -0.15) is 0 Å². The van der Waals surface area contributed by atoms with E-state index < -0.39 is 18.4 Å². The lowest BCUT2D eigenvalue weighted by molar-refractivity contribution is 0.0691. The number of hydrogen-bond acceptors (Lipinski definition) is 9. The number of carbonyl (C=O) groups is 1. The van der Waals surface area contributed by atoms with E-state index in [0.717, 1.165) is 12.2 Å². The molecule has 1 saturated heterocycles. The number of aromatic nitrogens is 3. The van der Waals surface area contributed by atoms with E-state index in [4.69, 9.17) is 14.6 Å². The molecule has 0 spiro atoms. The van der Waals surface area contributed by atoms with Gasteiger partial charge in [-0.15, -0.1) is 0 Å². The minimum absolute atomic E-state index is 0.200. The average Bonchev–Trinajstić information content (AvgIpc) is 2.82. The third kappa shape index (κ3) is 6.09. The number of aliphatic hydroxyl groups is 1. The molecule has 0 bridgehead atoms. The number of pyridine rings is 1. The molecule has 0 aromatic carbocycles. The second kappa shape index (κ2) is 11.5. The van der Waals surface area contributed by atoms with Crippen molar-refractivity contribution in [2.24, 2.45) is 0 Å². The maximum absolute atomic E-state index is 13.8. The summed E-state index contributed by atoms with van der Waals surface area (Å²) in [6, 6.07) is 1.41. The third-order valence-electron chi connectivity index (χ3n) is 4.81. The molecular formula is C22H26FN5O5. The molecule has 0 atom stereocenters. The van der Waals surface area contributed by atoms with E-state index in [0.29, 0.717) is 62.2 Å². The first kappa shape index (κ1) is 24.2. The first-order chi connectivity index (χ1) is 15.9. The van der Waals surface area contributed by atoms with Gasteiger partial charge in [-0.3, -0.25) is 0 Å². The van der Waals surface area contributed by atoms with E-state index >= 15 is 0 Å². The molecule has 0 amide bonds. The Morgan fingerprint density at radius 1 is 1.30 bits per heavy atom. The van der Waals surface area contributed by atoms with Crippen molar-refractivity contribution in [1.82, 2.24) is 15.0 Å². The SMILES string of the molecule is C=C(/C=C\C(F)=C/CO)c1nc(N2CCOCC2)nc2c(NCCOC)cc(C(=O)O)nc12. The highest BCUT2D eigenvalue weighted by molar-refractivity contribution is 6.00. The Bertz CT molecular complexity index is 1080. The maximum atomic E-state index is 13.8. The molecule has 176 valence electrons. The van der Waals surface area contributed by atoms with E-state index in [1.807, 2.05) is 4.90 Å². The first-order valence-corrected chi connectivity index (χ1v) is 10.3. The van der Waals surface area contributed by atoms with Crippen LogP contribution in [0.4, 0.5) is 16.0 Å². The number of nitrogens with zero attached hydrogens (tertiary/aromatic N) is 4. The monoisotopic (exact) mass is 459 g/mol. The standard InChI is InChI=1S/C22H26FN5O5/c1-14(3-4-15(23)5-9-29)18-20-19(27-22(26-18)28-7-11-33-12-8-28)16(24-6-10-32-2)13-17(25-20)21(30)31/h3-5,13,29H,1,6-12H2,2H3,(H,24,25)(H,30,31)/b4-3-,15-5+. The van der Waals surface area contributed by atoms with Crippen LogP contribution < -0.4 is 10.2 Å². The highest BCUT2D eigenvalue weighted by Gasteiger charge is 2.21. The van der Waals surface area contributed by atoms with Crippen LogP contribution in [-0.4, -0.2) is 84.3 Å². The number of anilines is 2. The van der Waals surface area contributed by atoms with Gasteiger partial charge >= 0.3 is 5.97 Å². The van der Waals surface area contributed by atoms with Crippen molar-refractivity contribution in [2.45, 2.75) is 0 Å². The summed E-state index contributed by atoms with van der Waals surface area (Å²) in [6.45, 7) is 6.53. The Hall–Kier alpha value is -3.41. The number of halogens is 1. The summed E-state index contributed by atoms with van der Waals surface area (Å²) in [5.41, 5.74) is 1.45. The minimum atomic E-state index is -1.21. The van der Waals surface area contributed by atoms with E-state index in [-0.39, 0.29) is 16.9 Å². The lowest BCUT2D eigenvalue weighted by Crippen LogP contribution is -2.37. The minimum Gasteiger partial charge on any atom is -0.477 e. The van der Waals surface area contributed by atoms with E-state index in [1.54, 1.807) is 7.11 Å². The van der Waals surface area contributed by atoms with Crippen molar-refractivity contribution in [2.75, 3.05) is 63.4 Å². The number of aliphatic hydroxyl groups excluding tert-OH is 1. The van der Waals surface area contributed by atoms with Gasteiger partial charge in [0.2, 0.25) is 5.95 Å². The lowest BCUT2D eigenvalue weighted by atomic mass is 10.1. The predicted octanol–water partition coefficient (Wildman–Crippen LogP) is 2.03. The zero-order chi connectivity index (χ0) is 23.8. The van der Waals surface area contributed by atoms with Crippen LogP contribution in [0.1, 0.15) is 16.2 Å². The summed E-state index contributed by atoms with van der Waals surface area (Å²) in [4.78, 5) is 27.2. The molecule has 0 aliphatic carbocycles. The van der Waals surface area contributed by atoms with Crippen molar-refractivity contribution in [1.29, 1.82) is 0 Å². The van der Waals surface area contributed by atoms with Gasteiger partial charge in [-0.1, -0.05) is 12.7 Å². The van der Waals surface area contributed by atoms with Crippen molar-refractivity contribution < 1.29 is 28.9 Å². The van der Waals surface area contributed by atoms with Crippen molar-refractivity contribution in [3.05, 3.63) is 48.1 Å². The Morgan fingerprint density at radius 3 is 2.73 bits per heavy atom. The van der Waals surface area contributed by atoms with Gasteiger partial charge in [0.1, 0.15) is 22.6 Å². The van der Waals surface area contributed by atoms with Gasteiger partial charge < -0.3 is 29.9 Å². The number of methoxy groups -OCH3 is 1. The van der Waals surface area contributed by atoms with Crippen LogP contribution in [0.5, 0.6) is 0 Å². The number of morpholine rings is 1. The van der Waals surface area contributed by atoms with Crippen LogP contribution in [-0.2, 0) is 9.47 Å². The van der Waals surface area contributed by atoms with Crippen molar-refractivity contribution >= 4 is 34.2 Å². The molecule has 33 heavy (non-hydrogen) atoms. The highest BCUT2D eigenvalue weighted by Crippen LogP contribution is 2.30. The van der Waals surface area contributed by atoms with Crippen molar-refractivity contribution in [3.63, 3.8) is 0 Å². The summed E-state index contributed by atoms with van der Waals surface area (Å²) in [7, 11) is 1.56. The number of carboxylic acids is 1. The van der Waals surface area contributed by atoms with Crippen LogP contribution in [0.25, 0.3) is 16.6 Å². The zero-order valence-corrected chi connectivity index (χ0v) is 18.3. The number of hydrogen-bond donors (Lipinski definition) is 3. The van der Waals surface area contributed by atoms with Gasteiger partial charge in [0.15, 0.2) is 5.69 Å². The predicted molar refractivity (Wildman–Crippen MR) is 122 cm³/mol. The van der Waals surface area contributed by atoms with Gasteiger partial charge in [-0.05, 0) is 23.8 Å². The normalized spacial score (nSPS) is 14.8. The van der Waals surface area contributed by atoms with Gasteiger partial charge in [-0.25, -0.2) is 24.1 Å². The summed E-state index contributed by atoms with van der Waals surface area (Å²) in [6.07, 6.45) is 3.53. The lowest BCUT2D eigenvalue weighted by Gasteiger charge is -2.27. The van der Waals surface area contributed by atoms with Crippen LogP contribution in [0.15, 0.2) is 36.7 Å². The molecule has 1 fully saturated rings. The number of fused-ring (bicyclic) bond motifs is 1. The quantitative estimate of drug-likeness (QED) is 0.358. The summed E-state index contributed by atoms with van der Waals surface area (Å²) in [5, 5.41) is 21.6. The zero-order valence-electron chi connectivity index (χ0n) is 18.3. The second-order valence-electron chi connectivity index (χ2n) is 7.08.